The molecule has 11 nitrogen and oxygen atoms in total. The van der Waals surface area contributed by atoms with E-state index in [9.17, 15) is 13.2 Å². The lowest BCUT2D eigenvalue weighted by atomic mass is 10.0. The van der Waals surface area contributed by atoms with Gasteiger partial charge in [-0.3, -0.25) is 10.0 Å². The van der Waals surface area contributed by atoms with Gasteiger partial charge < -0.3 is 4.90 Å². The zero-order valence-electron chi connectivity index (χ0n) is 20.8. The number of carbonyl (C=O) groups is 1. The summed E-state index contributed by atoms with van der Waals surface area (Å²) in [5, 5.41) is 9.14. The molecule has 1 amide bonds. The minimum absolute atomic E-state index is 0.274. The number of aryl methyl sites for hydroxylation is 1. The van der Waals surface area contributed by atoms with Gasteiger partial charge in [0.05, 0.1) is 11.7 Å². The number of hydrogen-bond acceptors (Lipinski definition) is 9. The molecule has 0 unspecified atom stereocenters. The Bertz CT molecular complexity index is 1350. The smallest absolute Gasteiger partial charge is 0.247 e. The number of rotatable bonds is 9. The minimum atomic E-state index is -3.72. The summed E-state index contributed by atoms with van der Waals surface area (Å²) in [6.45, 7) is 1.48. The molecule has 12 heteroatoms. The van der Waals surface area contributed by atoms with E-state index >= 15 is 0 Å². The molecule has 4 heterocycles. The lowest BCUT2D eigenvalue weighted by Crippen LogP contribution is -2.50. The van der Waals surface area contributed by atoms with E-state index in [2.05, 4.69) is 31.8 Å². The molecule has 0 bridgehead atoms. The average molecular weight is 536 g/mol. The number of nitrogens with zero attached hydrogens (tertiary/aromatic N) is 6. The van der Waals surface area contributed by atoms with Crippen molar-refractivity contribution in [1.82, 2.24) is 29.7 Å². The quantitative estimate of drug-likeness (QED) is 0.235. The molecular weight excluding hydrogens is 506 g/mol. The first-order valence-electron chi connectivity index (χ1n) is 12.3. The van der Waals surface area contributed by atoms with Gasteiger partial charge >= 0.3 is 0 Å². The number of amides is 1. The minimum Gasteiger partial charge on any atom is -0.354 e. The van der Waals surface area contributed by atoms with Crippen LogP contribution in [-0.4, -0.2) is 75.7 Å². The van der Waals surface area contributed by atoms with E-state index in [1.54, 1.807) is 36.3 Å². The van der Waals surface area contributed by atoms with Crippen molar-refractivity contribution in [1.29, 1.82) is 0 Å². The van der Waals surface area contributed by atoms with Gasteiger partial charge in [-0.1, -0.05) is 12.0 Å². The number of carbonyl (C=O) groups excluding carboxylic acids is 1. The summed E-state index contributed by atoms with van der Waals surface area (Å²) in [5.74, 6) is 5.42. The van der Waals surface area contributed by atoms with Crippen molar-refractivity contribution in [3.05, 3.63) is 78.3 Å². The topological polar surface area (TPSA) is 142 Å². The van der Waals surface area contributed by atoms with Crippen LogP contribution in [0, 0.1) is 17.8 Å². The van der Waals surface area contributed by atoms with Crippen molar-refractivity contribution < 1.29 is 18.4 Å². The fraction of sp³-hybridized carbons (Fsp3) is 0.346. The molecule has 1 atom stereocenters. The standard InChI is InChI=1S/C26H29N7O4S/c34-26(31-35)22(5-3-7-24-28-13-4-14-29-24)20-38(36,37)33-17-15-32(16-18-33)25-11-9-21(19-30-25)8-10-23-6-1-2-12-27-23/h1-2,4,6,9,11-14,19,22,35H,3,5,7,15-18,20H2,(H,31,34)/t22-/m1/s1. The number of aromatic nitrogens is 4. The number of hydroxylamine groups is 1. The van der Waals surface area contributed by atoms with Crippen LogP contribution in [0.2, 0.25) is 0 Å². The molecule has 0 saturated carbocycles. The molecule has 3 aromatic heterocycles. The molecule has 1 aliphatic rings. The summed E-state index contributed by atoms with van der Waals surface area (Å²) in [7, 11) is -3.72. The molecule has 4 rings (SSSR count). The Hall–Kier alpha value is -3.92. The molecule has 198 valence electrons. The van der Waals surface area contributed by atoms with Crippen molar-refractivity contribution in [2.45, 2.75) is 19.3 Å². The maximum Gasteiger partial charge on any atom is 0.247 e. The molecule has 0 aromatic carbocycles. The fourth-order valence-corrected chi connectivity index (χ4v) is 5.88. The van der Waals surface area contributed by atoms with Gasteiger partial charge in [0.2, 0.25) is 15.9 Å². The number of hydrogen-bond donors (Lipinski definition) is 2. The predicted molar refractivity (Wildman–Crippen MR) is 140 cm³/mol. The largest absolute Gasteiger partial charge is 0.354 e. The van der Waals surface area contributed by atoms with Crippen LogP contribution in [0.4, 0.5) is 5.82 Å². The van der Waals surface area contributed by atoms with Crippen LogP contribution in [0.25, 0.3) is 0 Å². The number of pyridine rings is 2. The van der Waals surface area contributed by atoms with Crippen molar-refractivity contribution in [3.8, 4) is 11.8 Å². The van der Waals surface area contributed by atoms with E-state index in [1.165, 1.54) is 4.31 Å². The summed E-state index contributed by atoms with van der Waals surface area (Å²) in [4.78, 5) is 31.2. The van der Waals surface area contributed by atoms with Crippen LogP contribution >= 0.6 is 0 Å². The Morgan fingerprint density at radius 2 is 1.74 bits per heavy atom. The van der Waals surface area contributed by atoms with Gasteiger partial charge in [0.25, 0.3) is 0 Å². The Morgan fingerprint density at radius 3 is 2.39 bits per heavy atom. The van der Waals surface area contributed by atoms with Gasteiger partial charge in [-0.25, -0.2) is 33.8 Å². The summed E-state index contributed by atoms with van der Waals surface area (Å²) in [5.41, 5.74) is 3.04. The molecule has 1 saturated heterocycles. The summed E-state index contributed by atoms with van der Waals surface area (Å²) < 4.78 is 27.6. The van der Waals surface area contributed by atoms with E-state index in [0.29, 0.717) is 37.4 Å². The van der Waals surface area contributed by atoms with Crippen molar-refractivity contribution in [3.63, 3.8) is 0 Å². The van der Waals surface area contributed by atoms with Crippen LogP contribution in [0.15, 0.2) is 61.2 Å². The average Bonchev–Trinajstić information content (AvgIpc) is 2.96. The van der Waals surface area contributed by atoms with Crippen LogP contribution in [0.5, 0.6) is 0 Å². The third-order valence-corrected chi connectivity index (χ3v) is 8.14. The van der Waals surface area contributed by atoms with Crippen LogP contribution in [0.3, 0.4) is 0 Å². The summed E-state index contributed by atoms with van der Waals surface area (Å²) >= 11 is 0. The van der Waals surface area contributed by atoms with Crippen molar-refractivity contribution in [2.24, 2.45) is 5.92 Å². The second-order valence-corrected chi connectivity index (χ2v) is 10.8. The Balaban J connectivity index is 1.30. The third kappa shape index (κ3) is 7.55. The highest BCUT2D eigenvalue weighted by Gasteiger charge is 2.32. The Morgan fingerprint density at radius 1 is 0.974 bits per heavy atom. The van der Waals surface area contributed by atoms with E-state index in [4.69, 9.17) is 5.21 Å². The van der Waals surface area contributed by atoms with Crippen molar-refractivity contribution >= 4 is 21.7 Å². The molecule has 38 heavy (non-hydrogen) atoms. The highest BCUT2D eigenvalue weighted by Crippen LogP contribution is 2.19. The normalized spacial score (nSPS) is 14.8. The lowest BCUT2D eigenvalue weighted by Gasteiger charge is -2.35. The van der Waals surface area contributed by atoms with E-state index < -0.39 is 21.8 Å². The molecule has 1 aliphatic heterocycles. The monoisotopic (exact) mass is 535 g/mol. The van der Waals surface area contributed by atoms with Gasteiger partial charge in [0.1, 0.15) is 17.3 Å². The van der Waals surface area contributed by atoms with Crippen LogP contribution in [-0.2, 0) is 21.2 Å². The maximum absolute atomic E-state index is 13.1. The second-order valence-electron chi connectivity index (χ2n) is 8.76. The van der Waals surface area contributed by atoms with Crippen LogP contribution < -0.4 is 10.4 Å². The SMILES string of the molecule is O=C(NO)[C@H](CCCc1ncccn1)CS(=O)(=O)N1CCN(c2ccc(C#Cc3ccccn3)cn2)CC1. The number of sulfonamides is 1. The molecule has 3 aromatic rings. The van der Waals surface area contributed by atoms with Crippen molar-refractivity contribution in [2.75, 3.05) is 36.8 Å². The maximum atomic E-state index is 13.1. The van der Waals surface area contributed by atoms with Gasteiger partial charge in [-0.15, -0.1) is 0 Å². The van der Waals surface area contributed by atoms with Gasteiger partial charge in [0.15, 0.2) is 0 Å². The molecule has 0 aliphatic carbocycles. The highest BCUT2D eigenvalue weighted by atomic mass is 32.2. The fourth-order valence-electron chi connectivity index (χ4n) is 4.12. The zero-order valence-corrected chi connectivity index (χ0v) is 21.6. The van der Waals surface area contributed by atoms with E-state index in [-0.39, 0.29) is 25.3 Å². The predicted octanol–water partition coefficient (Wildman–Crippen LogP) is 1.26. The summed E-state index contributed by atoms with van der Waals surface area (Å²) in [6, 6.07) is 11.0. The van der Waals surface area contributed by atoms with Gasteiger partial charge in [0, 0.05) is 63.0 Å². The number of nitrogens with one attached hydrogen (secondary N) is 1. The van der Waals surface area contributed by atoms with Crippen LogP contribution in [0.1, 0.15) is 29.9 Å². The molecule has 1 fully saturated rings. The molecule has 0 spiro atoms. The first kappa shape index (κ1) is 27.1. The first-order valence-corrected chi connectivity index (χ1v) is 13.9. The molecular formula is C26H29N7O4S. The molecule has 0 radical (unpaired) electrons. The Kier molecular flexibility index (Phi) is 9.31. The number of anilines is 1. The second kappa shape index (κ2) is 13.0. The van der Waals surface area contributed by atoms with Gasteiger partial charge in [-0.05, 0) is 49.1 Å². The van der Waals surface area contributed by atoms with Gasteiger partial charge in [-0.2, -0.15) is 4.31 Å². The molecule has 2 N–H and O–H groups in total. The third-order valence-electron chi connectivity index (χ3n) is 6.17. The Labute approximate surface area is 222 Å². The number of piperazine rings is 1. The van der Waals surface area contributed by atoms with E-state index in [0.717, 1.165) is 11.4 Å². The highest BCUT2D eigenvalue weighted by molar-refractivity contribution is 7.89. The lowest BCUT2D eigenvalue weighted by molar-refractivity contribution is -0.132. The first-order chi connectivity index (χ1) is 18.4. The summed E-state index contributed by atoms with van der Waals surface area (Å²) in [6.07, 6.45) is 7.94. The van der Waals surface area contributed by atoms with E-state index in [1.807, 2.05) is 35.2 Å². The zero-order chi connectivity index (χ0) is 26.8.